The highest BCUT2D eigenvalue weighted by Crippen LogP contribution is 2.71. The van der Waals surface area contributed by atoms with Crippen molar-refractivity contribution in [2.45, 2.75) is 70.1 Å². The minimum atomic E-state index is -0.721. The number of hydrogen-bond donors (Lipinski definition) is 3. The summed E-state index contributed by atoms with van der Waals surface area (Å²) in [6.45, 7) is 3.09. The van der Waals surface area contributed by atoms with E-state index in [0.717, 1.165) is 49.9 Å². The molecule has 5 N–H and O–H groups in total. The highest BCUT2D eigenvalue weighted by atomic mass is 16.3. The summed E-state index contributed by atoms with van der Waals surface area (Å²) in [7, 11) is 0. The van der Waals surface area contributed by atoms with Crippen molar-refractivity contribution in [3.8, 4) is 0 Å². The Morgan fingerprint density at radius 2 is 2.14 bits per heavy atom. The zero-order valence-corrected chi connectivity index (χ0v) is 20.1. The predicted molar refractivity (Wildman–Crippen MR) is 129 cm³/mol. The fraction of sp³-hybridized carbons (Fsp3) is 0.600. The Balaban J connectivity index is 1.16. The Kier molecular flexibility index (Phi) is 5.07. The van der Waals surface area contributed by atoms with Gasteiger partial charge < -0.3 is 15.8 Å². The number of pyridine rings is 1. The maximum Gasteiger partial charge on any atom is 0.233 e. The zero-order valence-electron chi connectivity index (χ0n) is 20.1. The van der Waals surface area contributed by atoms with Crippen LogP contribution in [-0.2, 0) is 9.59 Å². The van der Waals surface area contributed by atoms with Gasteiger partial charge in [-0.1, -0.05) is 0 Å². The molecule has 0 bridgehead atoms. The molecular weight excluding hydrogens is 446 g/mol. The van der Waals surface area contributed by atoms with Gasteiger partial charge in [0.15, 0.2) is 5.78 Å². The van der Waals surface area contributed by atoms with Crippen LogP contribution in [0.15, 0.2) is 34.7 Å². The summed E-state index contributed by atoms with van der Waals surface area (Å²) in [6, 6.07) is 4.29. The van der Waals surface area contributed by atoms with Crippen molar-refractivity contribution in [2.75, 3.05) is 18.1 Å². The SMILES string of the molecule is CC1=C(N2CCC3(CC4N(CC(O)c5ccc(N(N)/C=N\N)cn5)C5CCC54C3)C2=O)CCC1=O. The number of anilines is 1. The molecule has 4 fully saturated rings. The number of β-amino-alcohol motifs (C(OH)–C–C–N with tert-alkyl or cyclic N) is 1. The van der Waals surface area contributed by atoms with E-state index in [1.165, 1.54) is 11.3 Å². The molecule has 0 radical (unpaired) electrons. The number of hydrazine groups is 1. The first-order valence-electron chi connectivity index (χ1n) is 12.5. The number of aromatic nitrogens is 1. The number of aliphatic hydroxyl groups excluding tert-OH is 1. The second kappa shape index (κ2) is 7.84. The van der Waals surface area contributed by atoms with Crippen molar-refractivity contribution >= 4 is 23.7 Å². The topological polar surface area (TPSA) is 141 Å². The largest absolute Gasteiger partial charge is 0.385 e. The fourth-order valence-corrected chi connectivity index (χ4v) is 7.68. The summed E-state index contributed by atoms with van der Waals surface area (Å²) >= 11 is 0. The molecule has 0 aromatic carbocycles. The quantitative estimate of drug-likeness (QED) is 0.239. The number of carbonyl (C=O) groups is 2. The van der Waals surface area contributed by atoms with Crippen LogP contribution in [-0.4, -0.2) is 63.1 Å². The number of ketones is 1. The number of carbonyl (C=O) groups excluding carboxylic acids is 2. The van der Waals surface area contributed by atoms with Gasteiger partial charge in [0.1, 0.15) is 12.4 Å². The second-order valence-electron chi connectivity index (χ2n) is 11.0. The lowest BCUT2D eigenvalue weighted by molar-refractivity contribution is -0.198. The van der Waals surface area contributed by atoms with Crippen LogP contribution in [0.2, 0.25) is 0 Å². The van der Waals surface area contributed by atoms with Crippen LogP contribution < -0.4 is 16.7 Å². The summed E-state index contributed by atoms with van der Waals surface area (Å²) in [5.74, 6) is 11.4. The van der Waals surface area contributed by atoms with Crippen LogP contribution in [0.1, 0.15) is 63.7 Å². The molecule has 35 heavy (non-hydrogen) atoms. The van der Waals surface area contributed by atoms with Gasteiger partial charge in [-0.3, -0.25) is 24.5 Å². The number of likely N-dealkylation sites (tertiary alicyclic amines) is 2. The van der Waals surface area contributed by atoms with Crippen LogP contribution in [0.4, 0.5) is 5.69 Å². The van der Waals surface area contributed by atoms with Gasteiger partial charge in [-0.15, -0.1) is 0 Å². The number of hydrazone groups is 1. The number of aliphatic hydroxyl groups is 1. The molecule has 10 heteroatoms. The van der Waals surface area contributed by atoms with Crippen molar-refractivity contribution < 1.29 is 14.7 Å². The molecule has 2 aliphatic heterocycles. The molecule has 5 aliphatic rings. The molecule has 1 aromatic rings. The third kappa shape index (κ3) is 3.12. The Hall–Kier alpha value is -2.82. The molecule has 3 heterocycles. The number of piperidine rings is 1. The summed E-state index contributed by atoms with van der Waals surface area (Å²) in [5.41, 5.74) is 2.82. The lowest BCUT2D eigenvalue weighted by Gasteiger charge is -2.69. The Morgan fingerprint density at radius 3 is 2.77 bits per heavy atom. The standard InChI is InChI=1S/C25H33N7O3/c1-15-18(4-5-19(15)33)30-9-8-24(23(30)35)10-22-25(13-24)7-6-21(25)31(22)12-20(34)17-3-2-16(11-28-17)32(27)14-29-26/h2-3,11,14,20-22,34H,4-10,12-13,26-27H2,1H3/b29-14-. The number of nitrogens with zero attached hydrogens (tertiary/aromatic N) is 5. The van der Waals surface area contributed by atoms with E-state index in [1.54, 1.807) is 18.3 Å². The third-order valence-corrected chi connectivity index (χ3v) is 9.53. The molecule has 1 amide bonds. The smallest absolute Gasteiger partial charge is 0.233 e. The molecular formula is C25H33N7O3. The second-order valence-corrected chi connectivity index (χ2v) is 11.0. The van der Waals surface area contributed by atoms with Crippen LogP contribution in [0.5, 0.6) is 0 Å². The molecule has 5 atom stereocenters. The summed E-state index contributed by atoms with van der Waals surface area (Å²) in [5, 5.41) is 15.6. The monoisotopic (exact) mass is 479 g/mol. The van der Waals surface area contributed by atoms with E-state index < -0.39 is 6.10 Å². The third-order valence-electron chi connectivity index (χ3n) is 9.53. The van der Waals surface area contributed by atoms with E-state index in [9.17, 15) is 14.7 Å². The first-order valence-corrected chi connectivity index (χ1v) is 12.5. The Morgan fingerprint density at radius 1 is 1.31 bits per heavy atom. The number of Topliss-reactive ketones (excluding diaryl/α,β-unsaturated/α-hetero) is 1. The maximum atomic E-state index is 13.7. The normalized spacial score (nSPS) is 35.0. The van der Waals surface area contributed by atoms with Crippen molar-refractivity contribution in [1.82, 2.24) is 14.8 Å². The highest BCUT2D eigenvalue weighted by Gasteiger charge is 2.74. The van der Waals surface area contributed by atoms with Gasteiger partial charge in [0.25, 0.3) is 0 Å². The van der Waals surface area contributed by atoms with Gasteiger partial charge in [0.05, 0.1) is 23.0 Å². The summed E-state index contributed by atoms with van der Waals surface area (Å²) in [4.78, 5) is 34.5. The molecule has 2 spiro atoms. The molecule has 10 nitrogen and oxygen atoms in total. The zero-order chi connectivity index (χ0) is 24.5. The van der Waals surface area contributed by atoms with Gasteiger partial charge in [-0.2, -0.15) is 5.10 Å². The van der Waals surface area contributed by atoms with Crippen molar-refractivity contribution in [1.29, 1.82) is 0 Å². The van der Waals surface area contributed by atoms with Crippen LogP contribution in [0, 0.1) is 10.8 Å². The van der Waals surface area contributed by atoms with Crippen LogP contribution >= 0.6 is 0 Å². The number of amides is 1. The van der Waals surface area contributed by atoms with Crippen molar-refractivity contribution in [3.63, 3.8) is 0 Å². The summed E-state index contributed by atoms with van der Waals surface area (Å²) < 4.78 is 0. The molecule has 1 aromatic heterocycles. The van der Waals surface area contributed by atoms with E-state index in [4.69, 9.17) is 11.7 Å². The fourth-order valence-electron chi connectivity index (χ4n) is 7.68. The average Bonchev–Trinajstić information content (AvgIpc) is 3.47. The van der Waals surface area contributed by atoms with Gasteiger partial charge >= 0.3 is 0 Å². The van der Waals surface area contributed by atoms with E-state index in [0.29, 0.717) is 42.9 Å². The Bertz CT molecular complexity index is 1130. The number of allylic oxidation sites excluding steroid dienone is 2. The molecule has 2 saturated carbocycles. The number of nitrogens with two attached hydrogens (primary N) is 2. The lowest BCUT2D eigenvalue weighted by atomic mass is 9.53. The highest BCUT2D eigenvalue weighted by molar-refractivity contribution is 5.99. The Labute approximate surface area is 204 Å². The minimum absolute atomic E-state index is 0.173. The van der Waals surface area contributed by atoms with Gasteiger partial charge in [0, 0.05) is 48.3 Å². The molecule has 186 valence electrons. The molecule has 5 unspecified atom stereocenters. The lowest BCUT2D eigenvalue weighted by Crippen LogP contribution is -2.74. The molecule has 3 aliphatic carbocycles. The van der Waals surface area contributed by atoms with E-state index in [2.05, 4.69) is 15.0 Å². The summed E-state index contributed by atoms with van der Waals surface area (Å²) in [6.07, 6.45) is 8.29. The number of hydrogen-bond acceptors (Lipinski definition) is 8. The first-order chi connectivity index (χ1) is 16.8. The van der Waals surface area contributed by atoms with E-state index in [1.807, 2.05) is 11.8 Å². The first kappa shape index (κ1) is 22.6. The van der Waals surface area contributed by atoms with Crippen molar-refractivity contribution in [2.24, 2.45) is 27.6 Å². The predicted octanol–water partition coefficient (Wildman–Crippen LogP) is 1.18. The van der Waals surface area contributed by atoms with Crippen molar-refractivity contribution in [3.05, 3.63) is 35.3 Å². The maximum absolute atomic E-state index is 13.7. The van der Waals surface area contributed by atoms with E-state index >= 15 is 0 Å². The minimum Gasteiger partial charge on any atom is -0.385 e. The van der Waals surface area contributed by atoms with Crippen LogP contribution in [0.3, 0.4) is 0 Å². The van der Waals surface area contributed by atoms with Gasteiger partial charge in [0.2, 0.25) is 5.91 Å². The molecule has 2 saturated heterocycles. The van der Waals surface area contributed by atoms with Crippen LogP contribution in [0.25, 0.3) is 0 Å². The molecule has 6 rings (SSSR count). The average molecular weight is 480 g/mol. The van der Waals surface area contributed by atoms with E-state index in [-0.39, 0.29) is 22.5 Å². The van der Waals surface area contributed by atoms with Gasteiger partial charge in [-0.25, -0.2) is 5.84 Å². The number of rotatable bonds is 6. The van der Waals surface area contributed by atoms with Gasteiger partial charge in [-0.05, 0) is 57.6 Å².